The molecule has 0 amide bonds. The SMILES string of the molecule is CCOC(=O)C(C[C@H](OCc1ccccc1)[C@@H]1COC(C)(C)O1)C(=O)OCC. The molecule has 0 unspecified atom stereocenters. The molecule has 0 radical (unpaired) electrons. The van der Waals surface area contributed by atoms with Crippen LogP contribution in [0.25, 0.3) is 0 Å². The zero-order valence-electron chi connectivity index (χ0n) is 17.0. The van der Waals surface area contributed by atoms with Gasteiger partial charge >= 0.3 is 11.9 Å². The lowest BCUT2D eigenvalue weighted by Crippen LogP contribution is -2.39. The maximum absolute atomic E-state index is 12.4. The fourth-order valence-corrected chi connectivity index (χ4v) is 3.01. The van der Waals surface area contributed by atoms with E-state index in [1.54, 1.807) is 13.8 Å². The van der Waals surface area contributed by atoms with Crippen LogP contribution in [0, 0.1) is 5.92 Å². The molecule has 156 valence electrons. The number of benzene rings is 1. The van der Waals surface area contributed by atoms with Gasteiger partial charge in [-0.15, -0.1) is 0 Å². The van der Waals surface area contributed by atoms with Gasteiger partial charge in [-0.1, -0.05) is 30.3 Å². The van der Waals surface area contributed by atoms with Crippen molar-refractivity contribution in [1.29, 1.82) is 0 Å². The summed E-state index contributed by atoms with van der Waals surface area (Å²) in [5.74, 6) is -3.06. The van der Waals surface area contributed by atoms with Crippen LogP contribution < -0.4 is 0 Å². The third kappa shape index (κ3) is 6.58. The Balaban J connectivity index is 2.15. The Hall–Kier alpha value is -1.96. The van der Waals surface area contributed by atoms with Crippen LogP contribution in [-0.4, -0.2) is 49.8 Å². The standard InChI is InChI=1S/C21H30O7/c1-5-24-19(22)16(20(23)25-6-2)12-17(18-14-27-21(3,4)28-18)26-13-15-10-8-7-9-11-15/h7-11,16-18H,5-6,12-14H2,1-4H3/t17-,18-/m0/s1. The second-order valence-corrected chi connectivity index (χ2v) is 6.99. The number of esters is 2. The molecule has 2 rings (SSSR count). The molecule has 1 aromatic rings. The Morgan fingerprint density at radius 1 is 1.11 bits per heavy atom. The van der Waals surface area contributed by atoms with Crippen molar-refractivity contribution in [2.45, 2.75) is 58.7 Å². The summed E-state index contributed by atoms with van der Waals surface area (Å²) in [5, 5.41) is 0. The summed E-state index contributed by atoms with van der Waals surface area (Å²) in [6.45, 7) is 8.01. The molecule has 7 nitrogen and oxygen atoms in total. The van der Waals surface area contributed by atoms with Crippen LogP contribution in [0.1, 0.15) is 39.7 Å². The molecule has 1 aromatic carbocycles. The lowest BCUT2D eigenvalue weighted by molar-refractivity contribution is -0.171. The van der Waals surface area contributed by atoms with Gasteiger partial charge in [0.15, 0.2) is 11.7 Å². The van der Waals surface area contributed by atoms with Crippen molar-refractivity contribution in [2.75, 3.05) is 19.8 Å². The van der Waals surface area contributed by atoms with E-state index in [4.69, 9.17) is 23.7 Å². The minimum absolute atomic E-state index is 0.0919. The van der Waals surface area contributed by atoms with Crippen LogP contribution in [0.3, 0.4) is 0 Å². The van der Waals surface area contributed by atoms with Gasteiger partial charge in [0.1, 0.15) is 6.10 Å². The van der Waals surface area contributed by atoms with E-state index < -0.39 is 35.9 Å². The van der Waals surface area contributed by atoms with Crippen molar-refractivity contribution >= 4 is 11.9 Å². The van der Waals surface area contributed by atoms with E-state index in [0.717, 1.165) is 5.56 Å². The smallest absolute Gasteiger partial charge is 0.320 e. The van der Waals surface area contributed by atoms with Crippen LogP contribution in [-0.2, 0) is 39.9 Å². The Kier molecular flexibility index (Phi) is 8.41. The van der Waals surface area contributed by atoms with Gasteiger partial charge in [-0.3, -0.25) is 9.59 Å². The molecule has 0 aromatic heterocycles. The lowest BCUT2D eigenvalue weighted by Gasteiger charge is -2.27. The Labute approximate surface area is 166 Å². The van der Waals surface area contributed by atoms with E-state index in [1.807, 2.05) is 44.2 Å². The van der Waals surface area contributed by atoms with Crippen molar-refractivity contribution < 1.29 is 33.3 Å². The van der Waals surface area contributed by atoms with Gasteiger partial charge in [0.2, 0.25) is 0 Å². The maximum atomic E-state index is 12.4. The molecule has 1 aliphatic heterocycles. The quantitative estimate of drug-likeness (QED) is 0.446. The van der Waals surface area contributed by atoms with Crippen LogP contribution in [0.4, 0.5) is 0 Å². The fraction of sp³-hybridized carbons (Fsp3) is 0.619. The van der Waals surface area contributed by atoms with E-state index >= 15 is 0 Å². The predicted octanol–water partition coefficient (Wildman–Crippen LogP) is 2.86. The molecule has 2 atom stereocenters. The molecular weight excluding hydrogens is 364 g/mol. The van der Waals surface area contributed by atoms with Crippen LogP contribution in [0.5, 0.6) is 0 Å². The second kappa shape index (κ2) is 10.5. The molecule has 0 saturated carbocycles. The summed E-state index contributed by atoms with van der Waals surface area (Å²) in [6, 6.07) is 9.66. The molecule has 1 heterocycles. The van der Waals surface area contributed by atoms with Crippen molar-refractivity contribution in [3.63, 3.8) is 0 Å². The second-order valence-electron chi connectivity index (χ2n) is 6.99. The molecule has 0 bridgehead atoms. The maximum Gasteiger partial charge on any atom is 0.320 e. The van der Waals surface area contributed by atoms with Gasteiger partial charge in [0.05, 0.1) is 32.5 Å². The molecule has 1 saturated heterocycles. The zero-order valence-corrected chi connectivity index (χ0v) is 17.0. The predicted molar refractivity (Wildman–Crippen MR) is 101 cm³/mol. The zero-order chi connectivity index (χ0) is 20.6. The molecule has 7 heteroatoms. The number of carbonyl (C=O) groups is 2. The van der Waals surface area contributed by atoms with Gasteiger partial charge in [0.25, 0.3) is 0 Å². The van der Waals surface area contributed by atoms with Crippen molar-refractivity contribution in [2.24, 2.45) is 5.92 Å². The van der Waals surface area contributed by atoms with Crippen molar-refractivity contribution in [3.8, 4) is 0 Å². The topological polar surface area (TPSA) is 80.3 Å². The van der Waals surface area contributed by atoms with E-state index in [1.165, 1.54) is 0 Å². The molecule has 0 N–H and O–H groups in total. The minimum Gasteiger partial charge on any atom is -0.465 e. The van der Waals surface area contributed by atoms with Crippen molar-refractivity contribution in [1.82, 2.24) is 0 Å². The highest BCUT2D eigenvalue weighted by Crippen LogP contribution is 2.29. The number of ether oxygens (including phenoxy) is 5. The lowest BCUT2D eigenvalue weighted by atomic mass is 9.98. The number of hydrogen-bond donors (Lipinski definition) is 0. The molecule has 0 spiro atoms. The third-order valence-electron chi connectivity index (χ3n) is 4.36. The number of rotatable bonds is 10. The minimum atomic E-state index is -1.08. The third-order valence-corrected chi connectivity index (χ3v) is 4.36. The van der Waals surface area contributed by atoms with E-state index in [-0.39, 0.29) is 19.6 Å². The first-order valence-corrected chi connectivity index (χ1v) is 9.66. The van der Waals surface area contributed by atoms with Crippen LogP contribution in [0.2, 0.25) is 0 Å². The van der Waals surface area contributed by atoms with E-state index in [9.17, 15) is 9.59 Å². The highest BCUT2D eigenvalue weighted by atomic mass is 16.7. The average Bonchev–Trinajstić information content (AvgIpc) is 3.02. The summed E-state index contributed by atoms with van der Waals surface area (Å²) < 4.78 is 27.8. The first-order valence-electron chi connectivity index (χ1n) is 9.66. The highest BCUT2D eigenvalue weighted by Gasteiger charge is 2.42. The summed E-state index contributed by atoms with van der Waals surface area (Å²) in [7, 11) is 0. The normalized spacial score (nSPS) is 19.4. The molecule has 28 heavy (non-hydrogen) atoms. The van der Waals surface area contributed by atoms with Crippen molar-refractivity contribution in [3.05, 3.63) is 35.9 Å². The molecule has 1 aliphatic rings. The first-order chi connectivity index (χ1) is 13.4. The first kappa shape index (κ1) is 22.3. The fourth-order valence-electron chi connectivity index (χ4n) is 3.01. The largest absolute Gasteiger partial charge is 0.465 e. The van der Waals surface area contributed by atoms with Crippen LogP contribution in [0.15, 0.2) is 30.3 Å². The van der Waals surface area contributed by atoms with Gasteiger partial charge < -0.3 is 23.7 Å². The summed E-state index contributed by atoms with van der Waals surface area (Å²) in [4.78, 5) is 24.7. The van der Waals surface area contributed by atoms with Gasteiger partial charge in [0, 0.05) is 6.42 Å². The van der Waals surface area contributed by atoms with Gasteiger partial charge in [-0.2, -0.15) is 0 Å². The molecular formula is C21H30O7. The Morgan fingerprint density at radius 2 is 1.71 bits per heavy atom. The summed E-state index contributed by atoms with van der Waals surface area (Å²) in [5.41, 5.74) is 0.981. The molecule has 1 fully saturated rings. The van der Waals surface area contributed by atoms with Gasteiger partial charge in [-0.25, -0.2) is 0 Å². The number of carbonyl (C=O) groups excluding carboxylic acids is 2. The van der Waals surface area contributed by atoms with Crippen LogP contribution >= 0.6 is 0 Å². The van der Waals surface area contributed by atoms with Gasteiger partial charge in [-0.05, 0) is 33.3 Å². The molecule has 0 aliphatic carbocycles. The van der Waals surface area contributed by atoms with E-state index in [2.05, 4.69) is 0 Å². The monoisotopic (exact) mass is 394 g/mol. The summed E-state index contributed by atoms with van der Waals surface area (Å²) >= 11 is 0. The summed E-state index contributed by atoms with van der Waals surface area (Å²) in [6.07, 6.45) is -0.861. The Bertz CT molecular complexity index is 611. The highest BCUT2D eigenvalue weighted by molar-refractivity contribution is 5.94. The average molecular weight is 394 g/mol. The number of hydrogen-bond acceptors (Lipinski definition) is 7. The Morgan fingerprint density at radius 3 is 2.21 bits per heavy atom. The van der Waals surface area contributed by atoms with E-state index in [0.29, 0.717) is 13.2 Å².